The molecule has 0 radical (unpaired) electrons. The molecule has 0 saturated carbocycles. The van der Waals surface area contributed by atoms with Gasteiger partial charge >= 0.3 is 280 Å². The molecule has 2 aromatic heterocycles. The molecule has 0 unspecified atom stereocenters. The van der Waals surface area contributed by atoms with Gasteiger partial charge in [-0.25, -0.2) is 0 Å². The molecule has 9 rings (SSSR count). The van der Waals surface area contributed by atoms with E-state index in [1.807, 2.05) is 36.4 Å². The fourth-order valence-electron chi connectivity index (χ4n) is 6.48. The number of nitrogens with zero attached hydrogens (tertiary/aromatic N) is 3. The molecule has 3 nitrogen and oxygen atoms in total. The third kappa shape index (κ3) is 4.96. The fraction of sp³-hybridized carbons (Fsp3) is 0. The third-order valence-electron chi connectivity index (χ3n) is 8.72. The number of hydrogen-bond acceptors (Lipinski definition) is 3. The zero-order chi connectivity index (χ0) is 31.2. The van der Waals surface area contributed by atoms with E-state index in [-0.39, 0.29) is 14.5 Å². The molecule has 0 fully saturated rings. The number of benzene rings is 7. The predicted octanol–water partition coefficient (Wildman–Crippen LogP) is 10.7. The SMILES string of the molecule is c1ccc(-c2nc(-c3ccccc3)nc(-c3cccc4c3[se]c3c(-c5cc(-c6ccccc6)c6ccccc6c5)cccc34)n2)cc1. The van der Waals surface area contributed by atoms with Crippen molar-refractivity contribution in [3.8, 4) is 56.4 Å². The first kappa shape index (κ1) is 27.6. The van der Waals surface area contributed by atoms with Crippen LogP contribution in [0.15, 0.2) is 164 Å². The Morgan fingerprint density at radius 3 is 1.45 bits per heavy atom. The summed E-state index contributed by atoms with van der Waals surface area (Å²) in [6, 6.07) is 57.9. The van der Waals surface area contributed by atoms with E-state index in [0.717, 1.165) is 16.7 Å². The van der Waals surface area contributed by atoms with Gasteiger partial charge in [-0.15, -0.1) is 0 Å². The molecule has 7 aromatic carbocycles. The summed E-state index contributed by atoms with van der Waals surface area (Å²) >= 11 is 0.0445. The Labute approximate surface area is 278 Å². The average molecular weight is 665 g/mol. The van der Waals surface area contributed by atoms with E-state index in [0.29, 0.717) is 17.5 Å². The molecule has 0 aliphatic heterocycles. The molecular weight excluding hydrogens is 637 g/mol. The summed E-state index contributed by atoms with van der Waals surface area (Å²) in [5.41, 5.74) is 8.04. The van der Waals surface area contributed by atoms with Gasteiger partial charge in [-0.05, 0) is 0 Å². The zero-order valence-electron chi connectivity index (χ0n) is 25.3. The van der Waals surface area contributed by atoms with Crippen LogP contribution in [0.4, 0.5) is 0 Å². The third-order valence-corrected chi connectivity index (χ3v) is 11.4. The Balaban J connectivity index is 1.27. The molecule has 47 heavy (non-hydrogen) atoms. The number of aromatic nitrogens is 3. The summed E-state index contributed by atoms with van der Waals surface area (Å²) in [6.07, 6.45) is 0. The van der Waals surface area contributed by atoms with E-state index < -0.39 is 0 Å². The van der Waals surface area contributed by atoms with Gasteiger partial charge in [0.25, 0.3) is 0 Å². The summed E-state index contributed by atoms with van der Waals surface area (Å²) < 4.78 is 2.72. The number of rotatable bonds is 5. The normalized spacial score (nSPS) is 11.4. The quantitative estimate of drug-likeness (QED) is 0.172. The second-order valence-electron chi connectivity index (χ2n) is 11.6. The number of hydrogen-bond donors (Lipinski definition) is 0. The van der Waals surface area contributed by atoms with Gasteiger partial charge in [-0.1, -0.05) is 0 Å². The Bertz CT molecular complexity index is 2500. The van der Waals surface area contributed by atoms with E-state index in [2.05, 4.69) is 127 Å². The molecule has 4 heteroatoms. The Kier molecular flexibility index (Phi) is 6.82. The van der Waals surface area contributed by atoms with Crippen LogP contribution in [0, 0.1) is 0 Å². The van der Waals surface area contributed by atoms with Crippen molar-refractivity contribution in [2.24, 2.45) is 0 Å². The van der Waals surface area contributed by atoms with Gasteiger partial charge in [-0.2, -0.15) is 0 Å². The second kappa shape index (κ2) is 11.6. The van der Waals surface area contributed by atoms with Gasteiger partial charge in [0.05, 0.1) is 0 Å². The van der Waals surface area contributed by atoms with Gasteiger partial charge in [0, 0.05) is 0 Å². The van der Waals surface area contributed by atoms with Crippen LogP contribution in [0.3, 0.4) is 0 Å². The summed E-state index contributed by atoms with van der Waals surface area (Å²) in [5.74, 6) is 2.07. The maximum atomic E-state index is 5.09. The Hall–Kier alpha value is -5.67. The molecule has 220 valence electrons. The molecule has 0 aliphatic carbocycles. The van der Waals surface area contributed by atoms with Crippen LogP contribution in [0.5, 0.6) is 0 Å². The molecule has 0 amide bonds. The van der Waals surface area contributed by atoms with Gasteiger partial charge in [-0.3, -0.25) is 0 Å². The molecule has 2 heterocycles. The van der Waals surface area contributed by atoms with Crippen molar-refractivity contribution in [2.45, 2.75) is 0 Å². The minimum absolute atomic E-state index is 0.0445. The Morgan fingerprint density at radius 2 is 0.809 bits per heavy atom. The zero-order valence-corrected chi connectivity index (χ0v) is 27.1. The van der Waals surface area contributed by atoms with Crippen LogP contribution in [-0.4, -0.2) is 29.5 Å². The molecular formula is C43H27N3Se. The van der Waals surface area contributed by atoms with Crippen LogP contribution in [0.1, 0.15) is 0 Å². The molecule has 0 N–H and O–H groups in total. The molecule has 0 bridgehead atoms. The first-order chi connectivity index (χ1) is 23.3. The maximum absolute atomic E-state index is 5.09. The van der Waals surface area contributed by atoms with Crippen molar-refractivity contribution in [3.63, 3.8) is 0 Å². The van der Waals surface area contributed by atoms with Crippen molar-refractivity contribution < 1.29 is 0 Å². The van der Waals surface area contributed by atoms with E-state index in [4.69, 9.17) is 15.0 Å². The van der Waals surface area contributed by atoms with Gasteiger partial charge in [0.2, 0.25) is 0 Å². The first-order valence-corrected chi connectivity index (χ1v) is 17.4. The summed E-state index contributed by atoms with van der Waals surface area (Å²) in [7, 11) is 0. The first-order valence-electron chi connectivity index (χ1n) is 15.7. The van der Waals surface area contributed by atoms with Crippen molar-refractivity contribution in [1.29, 1.82) is 0 Å². The van der Waals surface area contributed by atoms with Crippen molar-refractivity contribution >= 4 is 44.6 Å². The van der Waals surface area contributed by atoms with Crippen LogP contribution < -0.4 is 0 Å². The number of fused-ring (bicyclic) bond motifs is 4. The van der Waals surface area contributed by atoms with Gasteiger partial charge < -0.3 is 0 Å². The van der Waals surface area contributed by atoms with E-state index >= 15 is 0 Å². The van der Waals surface area contributed by atoms with Gasteiger partial charge in [0.1, 0.15) is 0 Å². The van der Waals surface area contributed by atoms with Gasteiger partial charge in [0.15, 0.2) is 0 Å². The molecule has 0 spiro atoms. The summed E-state index contributed by atoms with van der Waals surface area (Å²) in [4.78, 5) is 15.1. The van der Waals surface area contributed by atoms with Crippen LogP contribution in [0.25, 0.3) is 86.5 Å². The molecule has 9 aromatic rings. The summed E-state index contributed by atoms with van der Waals surface area (Å²) in [5, 5.41) is 5.09. The minimum atomic E-state index is 0.0445. The topological polar surface area (TPSA) is 38.7 Å². The van der Waals surface area contributed by atoms with Crippen molar-refractivity contribution in [1.82, 2.24) is 15.0 Å². The monoisotopic (exact) mass is 665 g/mol. The average Bonchev–Trinajstić information content (AvgIpc) is 3.54. The van der Waals surface area contributed by atoms with Crippen LogP contribution in [-0.2, 0) is 0 Å². The van der Waals surface area contributed by atoms with E-state index in [1.165, 1.54) is 52.3 Å². The molecule has 0 saturated heterocycles. The fourth-order valence-corrected chi connectivity index (χ4v) is 9.30. The molecule has 0 aliphatic rings. The predicted molar refractivity (Wildman–Crippen MR) is 196 cm³/mol. The molecule has 0 atom stereocenters. The van der Waals surface area contributed by atoms with Crippen LogP contribution in [0.2, 0.25) is 0 Å². The van der Waals surface area contributed by atoms with Crippen molar-refractivity contribution in [2.75, 3.05) is 0 Å². The second-order valence-corrected chi connectivity index (χ2v) is 13.8. The Morgan fingerprint density at radius 1 is 0.319 bits per heavy atom. The summed E-state index contributed by atoms with van der Waals surface area (Å²) in [6.45, 7) is 0. The standard InChI is InChI=1S/C43H27N3Se/c1-4-14-28(15-5-1)38-27-32(26-31-20-10-11-21-33(31)38)34-22-12-23-35-36-24-13-25-37(40(36)47-39(34)35)43-45-41(29-16-6-2-7-17-29)44-42(46-43)30-18-8-3-9-19-30/h1-27H. The van der Waals surface area contributed by atoms with E-state index in [1.54, 1.807) is 0 Å². The van der Waals surface area contributed by atoms with E-state index in [9.17, 15) is 0 Å². The van der Waals surface area contributed by atoms with Crippen molar-refractivity contribution in [3.05, 3.63) is 164 Å². The van der Waals surface area contributed by atoms with Crippen LogP contribution >= 0.6 is 0 Å².